The van der Waals surface area contributed by atoms with Crippen LogP contribution in [-0.2, 0) is 9.53 Å². The van der Waals surface area contributed by atoms with Crippen LogP contribution in [0, 0.1) is 0 Å². The van der Waals surface area contributed by atoms with E-state index in [0.29, 0.717) is 13.0 Å². The summed E-state index contributed by atoms with van der Waals surface area (Å²) < 4.78 is 10.6. The number of amides is 1. The molecule has 0 bridgehead atoms. The fourth-order valence-electron chi connectivity index (χ4n) is 1.70. The molecule has 0 aliphatic heterocycles. The first-order valence-electron chi connectivity index (χ1n) is 6.14. The molecule has 4 nitrogen and oxygen atoms in total. The molecule has 0 spiro atoms. The number of benzene rings is 1. The van der Waals surface area contributed by atoms with Crippen molar-refractivity contribution in [2.45, 2.75) is 25.9 Å². The average Bonchev–Trinajstić information content (AvgIpc) is 2.40. The Balaban J connectivity index is 2.62. The number of hydrogen-bond donors (Lipinski definition) is 1. The minimum Gasteiger partial charge on any atom is -0.497 e. The van der Waals surface area contributed by atoms with Gasteiger partial charge in [-0.15, -0.1) is 0 Å². The molecule has 1 aromatic rings. The van der Waals surface area contributed by atoms with Crippen LogP contribution in [0.4, 0.5) is 0 Å². The molecule has 1 unspecified atom stereocenters. The van der Waals surface area contributed by atoms with Gasteiger partial charge in [0.1, 0.15) is 5.75 Å². The number of rotatable bonds is 7. The Morgan fingerprint density at radius 1 is 1.39 bits per heavy atom. The van der Waals surface area contributed by atoms with Crippen molar-refractivity contribution in [2.24, 2.45) is 0 Å². The van der Waals surface area contributed by atoms with E-state index in [9.17, 15) is 4.79 Å². The van der Waals surface area contributed by atoms with Crippen LogP contribution in [0.1, 0.15) is 31.4 Å². The maximum Gasteiger partial charge on any atom is 0.220 e. The van der Waals surface area contributed by atoms with Crippen LogP contribution in [0.3, 0.4) is 0 Å². The lowest BCUT2D eigenvalue weighted by Crippen LogP contribution is -2.28. The normalized spacial score (nSPS) is 11.9. The van der Waals surface area contributed by atoms with Crippen molar-refractivity contribution in [3.05, 3.63) is 29.8 Å². The lowest BCUT2D eigenvalue weighted by molar-refractivity contribution is -0.121. The Hall–Kier alpha value is -1.55. The van der Waals surface area contributed by atoms with Crippen molar-refractivity contribution in [3.63, 3.8) is 0 Å². The van der Waals surface area contributed by atoms with Crippen molar-refractivity contribution in [2.75, 3.05) is 20.8 Å². The molecule has 0 saturated carbocycles. The van der Waals surface area contributed by atoms with Gasteiger partial charge in [-0.05, 0) is 24.1 Å². The molecule has 0 aliphatic rings. The highest BCUT2D eigenvalue weighted by Crippen LogP contribution is 2.20. The summed E-state index contributed by atoms with van der Waals surface area (Å²) in [6.45, 7) is 2.46. The van der Waals surface area contributed by atoms with E-state index in [2.05, 4.69) is 5.32 Å². The Morgan fingerprint density at radius 2 is 2.17 bits per heavy atom. The Labute approximate surface area is 108 Å². The van der Waals surface area contributed by atoms with E-state index in [0.717, 1.165) is 17.7 Å². The van der Waals surface area contributed by atoms with E-state index in [1.165, 1.54) is 0 Å². The predicted octanol–water partition coefficient (Wildman–Crippen LogP) is 2.30. The summed E-state index contributed by atoms with van der Waals surface area (Å²) in [5.41, 5.74) is 0.994. The van der Waals surface area contributed by atoms with Gasteiger partial charge in [0.15, 0.2) is 0 Å². The molecule has 0 aromatic heterocycles. The number of nitrogens with one attached hydrogen (secondary N) is 1. The summed E-state index contributed by atoms with van der Waals surface area (Å²) in [6.07, 6.45) is 1.25. The molecular weight excluding hydrogens is 230 g/mol. The van der Waals surface area contributed by atoms with Crippen LogP contribution < -0.4 is 10.1 Å². The summed E-state index contributed by atoms with van der Waals surface area (Å²) in [5.74, 6) is 0.844. The third kappa shape index (κ3) is 4.37. The molecule has 1 aromatic carbocycles. The second kappa shape index (κ2) is 7.71. The van der Waals surface area contributed by atoms with Gasteiger partial charge in [-0.25, -0.2) is 0 Å². The Kier molecular flexibility index (Phi) is 6.22. The van der Waals surface area contributed by atoms with E-state index in [1.54, 1.807) is 14.2 Å². The van der Waals surface area contributed by atoms with Gasteiger partial charge in [0.2, 0.25) is 5.91 Å². The topological polar surface area (TPSA) is 47.6 Å². The molecule has 0 aliphatic carbocycles. The van der Waals surface area contributed by atoms with E-state index in [1.807, 2.05) is 31.2 Å². The van der Waals surface area contributed by atoms with Gasteiger partial charge >= 0.3 is 0 Å². The fourth-order valence-corrected chi connectivity index (χ4v) is 1.70. The second-order valence-electron chi connectivity index (χ2n) is 4.06. The summed E-state index contributed by atoms with van der Waals surface area (Å²) in [6, 6.07) is 7.67. The molecule has 0 fully saturated rings. The lowest BCUT2D eigenvalue weighted by Gasteiger charge is -2.17. The molecule has 1 rings (SSSR count). The van der Waals surface area contributed by atoms with Crippen LogP contribution in [0.25, 0.3) is 0 Å². The van der Waals surface area contributed by atoms with Crippen molar-refractivity contribution in [1.29, 1.82) is 0 Å². The Morgan fingerprint density at radius 3 is 2.78 bits per heavy atom. The maximum atomic E-state index is 11.4. The minimum atomic E-state index is -0.152. The molecule has 0 radical (unpaired) electrons. The van der Waals surface area contributed by atoms with Crippen LogP contribution in [0.15, 0.2) is 24.3 Å². The highest BCUT2D eigenvalue weighted by molar-refractivity contribution is 5.75. The quantitative estimate of drug-likeness (QED) is 0.809. The molecule has 0 heterocycles. The molecular formula is C14H21NO3. The first kappa shape index (κ1) is 14.5. The van der Waals surface area contributed by atoms with Crippen LogP contribution >= 0.6 is 0 Å². The van der Waals surface area contributed by atoms with Crippen molar-refractivity contribution in [1.82, 2.24) is 5.32 Å². The Bertz CT molecular complexity index is 379. The van der Waals surface area contributed by atoms with E-state index in [-0.39, 0.29) is 12.0 Å². The predicted molar refractivity (Wildman–Crippen MR) is 70.7 cm³/mol. The van der Waals surface area contributed by atoms with Crippen molar-refractivity contribution in [3.8, 4) is 5.75 Å². The summed E-state index contributed by atoms with van der Waals surface area (Å²) in [4.78, 5) is 11.4. The molecule has 4 heteroatoms. The standard InChI is InChI=1S/C14H21NO3/c1-4-6-14(16)15-10-13(18-3)11-7-5-8-12(9-11)17-2/h5,7-9,13H,4,6,10H2,1-3H3,(H,15,16). The number of hydrogen-bond acceptors (Lipinski definition) is 3. The van der Waals surface area contributed by atoms with Crippen molar-refractivity contribution < 1.29 is 14.3 Å². The van der Waals surface area contributed by atoms with Gasteiger partial charge in [0, 0.05) is 20.1 Å². The smallest absolute Gasteiger partial charge is 0.220 e. The fraction of sp³-hybridized carbons (Fsp3) is 0.500. The van der Waals surface area contributed by atoms with Crippen LogP contribution in [-0.4, -0.2) is 26.7 Å². The van der Waals surface area contributed by atoms with Crippen molar-refractivity contribution >= 4 is 5.91 Å². The average molecular weight is 251 g/mol. The van der Waals surface area contributed by atoms with Gasteiger partial charge < -0.3 is 14.8 Å². The molecule has 100 valence electrons. The molecule has 0 saturated heterocycles. The first-order valence-corrected chi connectivity index (χ1v) is 6.14. The van der Waals surface area contributed by atoms with Gasteiger partial charge in [-0.2, -0.15) is 0 Å². The lowest BCUT2D eigenvalue weighted by atomic mass is 10.1. The van der Waals surface area contributed by atoms with E-state index in [4.69, 9.17) is 9.47 Å². The second-order valence-corrected chi connectivity index (χ2v) is 4.06. The first-order chi connectivity index (χ1) is 8.71. The maximum absolute atomic E-state index is 11.4. The van der Waals surface area contributed by atoms with Crippen LogP contribution in [0.5, 0.6) is 5.75 Å². The molecule has 1 N–H and O–H groups in total. The summed E-state index contributed by atoms with van der Waals surface area (Å²) in [7, 11) is 3.26. The zero-order valence-corrected chi connectivity index (χ0v) is 11.2. The van der Waals surface area contributed by atoms with Gasteiger partial charge in [-0.1, -0.05) is 19.1 Å². The zero-order valence-electron chi connectivity index (χ0n) is 11.2. The number of carbonyl (C=O) groups excluding carboxylic acids is 1. The highest BCUT2D eigenvalue weighted by atomic mass is 16.5. The van der Waals surface area contributed by atoms with Gasteiger partial charge in [-0.3, -0.25) is 4.79 Å². The summed E-state index contributed by atoms with van der Waals surface area (Å²) in [5, 5.41) is 2.87. The zero-order chi connectivity index (χ0) is 13.4. The summed E-state index contributed by atoms with van der Waals surface area (Å²) >= 11 is 0. The number of ether oxygens (including phenoxy) is 2. The molecule has 1 atom stereocenters. The SMILES string of the molecule is CCCC(=O)NCC(OC)c1cccc(OC)c1. The number of methoxy groups -OCH3 is 2. The van der Waals surface area contributed by atoms with E-state index < -0.39 is 0 Å². The third-order valence-electron chi connectivity index (χ3n) is 2.71. The largest absolute Gasteiger partial charge is 0.497 e. The highest BCUT2D eigenvalue weighted by Gasteiger charge is 2.12. The number of carbonyl (C=O) groups is 1. The van der Waals surface area contributed by atoms with Crippen LogP contribution in [0.2, 0.25) is 0 Å². The monoisotopic (exact) mass is 251 g/mol. The third-order valence-corrected chi connectivity index (χ3v) is 2.71. The van der Waals surface area contributed by atoms with E-state index >= 15 is 0 Å². The minimum absolute atomic E-state index is 0.0578. The molecule has 18 heavy (non-hydrogen) atoms. The molecule has 1 amide bonds. The van der Waals surface area contributed by atoms with Gasteiger partial charge in [0.25, 0.3) is 0 Å². The van der Waals surface area contributed by atoms with Gasteiger partial charge in [0.05, 0.1) is 13.2 Å².